The van der Waals surface area contributed by atoms with E-state index in [1.807, 2.05) is 0 Å². The molecule has 0 aromatic rings. The standard InChI is InChI=1S/C28H52O4/c1-5-9-13-15-16-17-18-20-22-26(28(30)32-24-12-8-4)25(21-19-14-10-6-2)27(29)31-23-11-7-3/h5-24H2,1-4H3/b26-25-. The van der Waals surface area contributed by atoms with Gasteiger partial charge in [0.05, 0.1) is 13.2 Å². The molecule has 0 N–H and O–H groups in total. The highest BCUT2D eigenvalue weighted by atomic mass is 16.5. The maximum atomic E-state index is 12.9. The molecule has 0 amide bonds. The Kier molecular flexibility index (Phi) is 21.9. The minimum atomic E-state index is -0.308. The first-order chi connectivity index (χ1) is 15.6. The Morgan fingerprint density at radius 2 is 0.750 bits per heavy atom. The summed E-state index contributed by atoms with van der Waals surface area (Å²) in [7, 11) is 0. The molecule has 0 aromatic carbocycles. The summed E-state index contributed by atoms with van der Waals surface area (Å²) in [6, 6.07) is 0. The van der Waals surface area contributed by atoms with Crippen LogP contribution in [0, 0.1) is 0 Å². The van der Waals surface area contributed by atoms with Crippen molar-refractivity contribution < 1.29 is 19.1 Å². The number of hydrogen-bond acceptors (Lipinski definition) is 4. The molecule has 0 aromatic heterocycles. The van der Waals surface area contributed by atoms with Gasteiger partial charge in [0.15, 0.2) is 0 Å². The first-order valence-corrected chi connectivity index (χ1v) is 13.7. The summed E-state index contributed by atoms with van der Waals surface area (Å²) in [5.41, 5.74) is 1.15. The van der Waals surface area contributed by atoms with E-state index in [1.165, 1.54) is 38.5 Å². The molecule has 0 atom stereocenters. The molecule has 32 heavy (non-hydrogen) atoms. The van der Waals surface area contributed by atoms with Crippen molar-refractivity contribution in [1.29, 1.82) is 0 Å². The fourth-order valence-electron chi connectivity index (χ4n) is 3.71. The van der Waals surface area contributed by atoms with Crippen LogP contribution in [0.5, 0.6) is 0 Å². The molecule has 0 heterocycles. The van der Waals surface area contributed by atoms with E-state index in [9.17, 15) is 9.59 Å². The van der Waals surface area contributed by atoms with Gasteiger partial charge in [-0.1, -0.05) is 105 Å². The molecule has 0 aliphatic heterocycles. The van der Waals surface area contributed by atoms with E-state index < -0.39 is 0 Å². The number of hydrogen-bond donors (Lipinski definition) is 0. The van der Waals surface area contributed by atoms with Gasteiger partial charge < -0.3 is 9.47 Å². The number of carbonyl (C=O) groups excluding carboxylic acids is 2. The van der Waals surface area contributed by atoms with Crippen LogP contribution < -0.4 is 0 Å². The van der Waals surface area contributed by atoms with Gasteiger partial charge in [-0.2, -0.15) is 0 Å². The van der Waals surface area contributed by atoms with E-state index in [0.29, 0.717) is 37.2 Å². The zero-order valence-electron chi connectivity index (χ0n) is 21.8. The van der Waals surface area contributed by atoms with Crippen molar-refractivity contribution in [1.82, 2.24) is 0 Å². The Morgan fingerprint density at radius 3 is 1.12 bits per heavy atom. The average molecular weight is 453 g/mol. The predicted molar refractivity (Wildman–Crippen MR) is 135 cm³/mol. The predicted octanol–water partition coefficient (Wildman–Crippen LogP) is 8.47. The largest absolute Gasteiger partial charge is 0.462 e. The molecular weight excluding hydrogens is 400 g/mol. The summed E-state index contributed by atoms with van der Waals surface area (Å²) < 4.78 is 11.1. The van der Waals surface area contributed by atoms with E-state index in [0.717, 1.165) is 64.2 Å². The molecule has 0 bridgehead atoms. The molecule has 4 nitrogen and oxygen atoms in total. The van der Waals surface area contributed by atoms with Crippen molar-refractivity contribution >= 4 is 11.9 Å². The molecular formula is C28H52O4. The Bertz CT molecular complexity index is 496. The fraction of sp³-hybridized carbons (Fsp3) is 0.857. The first-order valence-electron chi connectivity index (χ1n) is 13.7. The van der Waals surface area contributed by atoms with Gasteiger partial charge in [0, 0.05) is 11.1 Å². The number of carbonyl (C=O) groups is 2. The summed E-state index contributed by atoms with van der Waals surface area (Å²) >= 11 is 0. The van der Waals surface area contributed by atoms with Gasteiger partial charge in [-0.25, -0.2) is 9.59 Å². The van der Waals surface area contributed by atoms with E-state index in [1.54, 1.807) is 0 Å². The second kappa shape index (κ2) is 22.9. The van der Waals surface area contributed by atoms with Gasteiger partial charge in [0.1, 0.15) is 0 Å². The Hall–Kier alpha value is -1.32. The van der Waals surface area contributed by atoms with Crippen LogP contribution in [0.3, 0.4) is 0 Å². The van der Waals surface area contributed by atoms with Gasteiger partial charge in [0.25, 0.3) is 0 Å². The second-order valence-electron chi connectivity index (χ2n) is 8.97. The molecule has 0 saturated heterocycles. The minimum absolute atomic E-state index is 0.306. The number of unbranched alkanes of at least 4 members (excludes halogenated alkanes) is 12. The second-order valence-corrected chi connectivity index (χ2v) is 8.97. The number of ether oxygens (including phenoxy) is 2. The highest BCUT2D eigenvalue weighted by Gasteiger charge is 2.23. The van der Waals surface area contributed by atoms with Gasteiger partial charge in [-0.15, -0.1) is 0 Å². The van der Waals surface area contributed by atoms with Crippen LogP contribution in [0.2, 0.25) is 0 Å². The first kappa shape index (κ1) is 30.7. The Morgan fingerprint density at radius 1 is 0.438 bits per heavy atom. The van der Waals surface area contributed by atoms with Gasteiger partial charge in [-0.05, 0) is 38.5 Å². The maximum Gasteiger partial charge on any atom is 0.334 e. The molecule has 0 aliphatic carbocycles. The molecule has 0 spiro atoms. The molecule has 0 saturated carbocycles. The average Bonchev–Trinajstić information content (AvgIpc) is 2.79. The lowest BCUT2D eigenvalue weighted by Gasteiger charge is -2.15. The van der Waals surface area contributed by atoms with Crippen LogP contribution in [0.4, 0.5) is 0 Å². The molecule has 0 fully saturated rings. The van der Waals surface area contributed by atoms with Crippen molar-refractivity contribution in [3.05, 3.63) is 11.1 Å². The maximum absolute atomic E-state index is 12.9. The van der Waals surface area contributed by atoms with E-state index in [4.69, 9.17) is 9.47 Å². The monoisotopic (exact) mass is 452 g/mol. The molecule has 188 valence electrons. The van der Waals surface area contributed by atoms with Crippen molar-refractivity contribution in [3.8, 4) is 0 Å². The molecule has 0 rings (SSSR count). The van der Waals surface area contributed by atoms with E-state index >= 15 is 0 Å². The van der Waals surface area contributed by atoms with Crippen LogP contribution in [0.15, 0.2) is 11.1 Å². The molecule has 0 aliphatic rings. The van der Waals surface area contributed by atoms with Crippen LogP contribution in [-0.2, 0) is 19.1 Å². The third kappa shape index (κ3) is 16.3. The van der Waals surface area contributed by atoms with E-state index in [-0.39, 0.29) is 11.9 Å². The summed E-state index contributed by atoms with van der Waals surface area (Å²) in [6.07, 6.45) is 18.8. The van der Waals surface area contributed by atoms with Crippen molar-refractivity contribution in [2.45, 2.75) is 143 Å². The zero-order valence-corrected chi connectivity index (χ0v) is 21.8. The SMILES string of the molecule is CCCCCCCCCC/C(C(=O)OCCCC)=C(\CCCCCC)C(=O)OCCCC. The normalized spacial score (nSPS) is 11.9. The topological polar surface area (TPSA) is 52.6 Å². The molecule has 0 unspecified atom stereocenters. The van der Waals surface area contributed by atoms with Crippen LogP contribution in [-0.4, -0.2) is 25.2 Å². The lowest BCUT2D eigenvalue weighted by Crippen LogP contribution is -2.18. The highest BCUT2D eigenvalue weighted by Crippen LogP contribution is 2.23. The number of rotatable bonds is 22. The smallest absolute Gasteiger partial charge is 0.334 e. The van der Waals surface area contributed by atoms with Gasteiger partial charge in [0.2, 0.25) is 0 Å². The van der Waals surface area contributed by atoms with Crippen molar-refractivity contribution in [2.24, 2.45) is 0 Å². The summed E-state index contributed by atoms with van der Waals surface area (Å²) in [6.45, 7) is 9.41. The van der Waals surface area contributed by atoms with Crippen LogP contribution in [0.25, 0.3) is 0 Å². The zero-order chi connectivity index (χ0) is 23.9. The van der Waals surface area contributed by atoms with Crippen molar-refractivity contribution in [2.75, 3.05) is 13.2 Å². The summed E-state index contributed by atoms with van der Waals surface area (Å²) in [5.74, 6) is -0.615. The minimum Gasteiger partial charge on any atom is -0.462 e. The Balaban J connectivity index is 5.17. The highest BCUT2D eigenvalue weighted by molar-refractivity contribution is 6.00. The Labute approximate surface area is 198 Å². The van der Waals surface area contributed by atoms with E-state index in [2.05, 4.69) is 27.7 Å². The number of esters is 2. The van der Waals surface area contributed by atoms with Gasteiger partial charge in [-0.3, -0.25) is 0 Å². The van der Waals surface area contributed by atoms with Crippen LogP contribution >= 0.6 is 0 Å². The lowest BCUT2D eigenvalue weighted by atomic mass is 9.96. The third-order valence-corrected chi connectivity index (χ3v) is 5.88. The third-order valence-electron chi connectivity index (χ3n) is 5.88. The lowest BCUT2D eigenvalue weighted by molar-refractivity contribution is -0.142. The molecule has 0 radical (unpaired) electrons. The van der Waals surface area contributed by atoms with Gasteiger partial charge >= 0.3 is 11.9 Å². The molecule has 4 heteroatoms. The van der Waals surface area contributed by atoms with Crippen molar-refractivity contribution in [3.63, 3.8) is 0 Å². The van der Waals surface area contributed by atoms with Crippen LogP contribution in [0.1, 0.15) is 143 Å². The summed E-state index contributed by atoms with van der Waals surface area (Å²) in [5, 5.41) is 0. The summed E-state index contributed by atoms with van der Waals surface area (Å²) in [4.78, 5) is 25.8. The quantitative estimate of drug-likeness (QED) is 0.0938. The fourth-order valence-corrected chi connectivity index (χ4v) is 3.71.